The van der Waals surface area contributed by atoms with Crippen molar-refractivity contribution >= 4 is 37.5 Å². The van der Waals surface area contributed by atoms with Crippen molar-refractivity contribution in [3.05, 3.63) is 65.2 Å². The van der Waals surface area contributed by atoms with E-state index < -0.39 is 15.9 Å². The van der Waals surface area contributed by atoms with Crippen LogP contribution < -0.4 is 14.8 Å². The summed E-state index contributed by atoms with van der Waals surface area (Å²) < 4.78 is 33.3. The third kappa shape index (κ3) is 5.18. The van der Waals surface area contributed by atoms with Gasteiger partial charge in [0.1, 0.15) is 12.4 Å². The maximum atomic E-state index is 12.7. The molecule has 2 N–H and O–H groups in total. The first-order valence-corrected chi connectivity index (χ1v) is 10.6. The maximum absolute atomic E-state index is 12.7. The Hall–Kier alpha value is -2.16. The number of carbonyl (C=O) groups is 1. The summed E-state index contributed by atoms with van der Waals surface area (Å²) in [6, 6.07) is 11.3. The number of anilines is 1. The summed E-state index contributed by atoms with van der Waals surface area (Å²) in [5.41, 5.74) is 0.768. The molecule has 3 rings (SSSR count). The van der Waals surface area contributed by atoms with E-state index in [9.17, 15) is 13.2 Å². The molecule has 2 aromatic rings. The van der Waals surface area contributed by atoms with Gasteiger partial charge in [-0.05, 0) is 59.1 Å². The molecule has 8 heteroatoms. The van der Waals surface area contributed by atoms with Gasteiger partial charge in [-0.25, -0.2) is 13.1 Å². The Labute approximate surface area is 166 Å². The van der Waals surface area contributed by atoms with E-state index in [-0.39, 0.29) is 16.5 Å². The van der Waals surface area contributed by atoms with Gasteiger partial charge >= 0.3 is 0 Å². The zero-order valence-corrected chi connectivity index (χ0v) is 16.8. The van der Waals surface area contributed by atoms with Gasteiger partial charge in [0.05, 0.1) is 10.5 Å². The Morgan fingerprint density at radius 1 is 1.26 bits per heavy atom. The average Bonchev–Trinajstić information content (AvgIpc) is 3.43. The standard InChI is InChI=1S/C19H19BrN2O4S/c1-2-10-26-15-5-3-4-14(11-15)21-19(23)17-12-16(8-9-18(17)20)27(24,25)22-13-6-7-13/h2-5,8-9,11-13,22H,1,6-7,10H2,(H,21,23). The van der Waals surface area contributed by atoms with E-state index in [1.165, 1.54) is 12.1 Å². The number of hydrogen-bond acceptors (Lipinski definition) is 4. The zero-order chi connectivity index (χ0) is 19.4. The SMILES string of the molecule is C=CCOc1cccc(NC(=O)c2cc(S(=O)(=O)NC3CC3)ccc2Br)c1. The summed E-state index contributed by atoms with van der Waals surface area (Å²) >= 11 is 3.31. The fraction of sp³-hybridized carbons (Fsp3) is 0.211. The summed E-state index contributed by atoms with van der Waals surface area (Å²) in [6.07, 6.45) is 3.31. The monoisotopic (exact) mass is 450 g/mol. The van der Waals surface area contributed by atoms with E-state index in [1.54, 1.807) is 36.4 Å². The number of nitrogens with one attached hydrogen (secondary N) is 2. The van der Waals surface area contributed by atoms with E-state index in [0.29, 0.717) is 22.5 Å². The highest BCUT2D eigenvalue weighted by Crippen LogP contribution is 2.26. The van der Waals surface area contributed by atoms with Crippen LogP contribution >= 0.6 is 15.9 Å². The molecule has 1 amide bonds. The summed E-state index contributed by atoms with van der Waals surface area (Å²) in [7, 11) is -3.64. The summed E-state index contributed by atoms with van der Waals surface area (Å²) in [4.78, 5) is 12.7. The molecule has 0 aliphatic heterocycles. The predicted molar refractivity (Wildman–Crippen MR) is 108 cm³/mol. The first kappa shape index (κ1) is 19.6. The number of halogens is 1. The topological polar surface area (TPSA) is 84.5 Å². The number of rotatable bonds is 8. The molecule has 0 heterocycles. The minimum atomic E-state index is -3.64. The fourth-order valence-electron chi connectivity index (χ4n) is 2.35. The molecule has 1 aliphatic carbocycles. The molecule has 0 unspecified atom stereocenters. The minimum Gasteiger partial charge on any atom is -0.489 e. The predicted octanol–water partition coefficient (Wildman–Crippen LogP) is 3.71. The van der Waals surface area contributed by atoms with Gasteiger partial charge in [-0.2, -0.15) is 0 Å². The van der Waals surface area contributed by atoms with Gasteiger partial charge in [-0.3, -0.25) is 4.79 Å². The van der Waals surface area contributed by atoms with Crippen molar-refractivity contribution in [2.45, 2.75) is 23.8 Å². The van der Waals surface area contributed by atoms with E-state index in [0.717, 1.165) is 12.8 Å². The quantitative estimate of drug-likeness (QED) is 0.600. The molecule has 142 valence electrons. The highest BCUT2D eigenvalue weighted by Gasteiger charge is 2.28. The van der Waals surface area contributed by atoms with Gasteiger partial charge in [0.15, 0.2) is 0 Å². The van der Waals surface area contributed by atoms with E-state index in [2.05, 4.69) is 32.5 Å². The van der Waals surface area contributed by atoms with Crippen LogP contribution in [0.5, 0.6) is 5.75 Å². The molecule has 2 aromatic carbocycles. The number of hydrogen-bond donors (Lipinski definition) is 2. The van der Waals surface area contributed by atoms with E-state index >= 15 is 0 Å². The van der Waals surface area contributed by atoms with Crippen LogP contribution in [0, 0.1) is 0 Å². The van der Waals surface area contributed by atoms with Crippen molar-refractivity contribution in [3.8, 4) is 5.75 Å². The van der Waals surface area contributed by atoms with Crippen molar-refractivity contribution in [2.24, 2.45) is 0 Å². The summed E-state index contributed by atoms with van der Waals surface area (Å²) in [5, 5.41) is 2.76. The molecule has 0 radical (unpaired) electrons. The molecule has 0 bridgehead atoms. The molecule has 1 fully saturated rings. The zero-order valence-electron chi connectivity index (χ0n) is 14.4. The molecule has 27 heavy (non-hydrogen) atoms. The number of ether oxygens (including phenoxy) is 1. The van der Waals surface area contributed by atoms with Crippen LogP contribution in [0.15, 0.2) is 64.5 Å². The number of amides is 1. The first-order chi connectivity index (χ1) is 12.9. The normalized spacial score (nSPS) is 13.8. The van der Waals surface area contributed by atoms with Crippen LogP contribution in [0.1, 0.15) is 23.2 Å². The number of carbonyl (C=O) groups excluding carboxylic acids is 1. The second kappa shape index (κ2) is 8.24. The average molecular weight is 451 g/mol. The van der Waals surface area contributed by atoms with Gasteiger partial charge in [0.25, 0.3) is 5.91 Å². The molecule has 0 spiro atoms. The Bertz CT molecular complexity index is 971. The first-order valence-electron chi connectivity index (χ1n) is 8.36. The molecular formula is C19H19BrN2O4S. The maximum Gasteiger partial charge on any atom is 0.256 e. The third-order valence-corrected chi connectivity index (χ3v) is 6.06. The lowest BCUT2D eigenvalue weighted by atomic mass is 10.2. The van der Waals surface area contributed by atoms with Gasteiger partial charge < -0.3 is 10.1 Å². The highest BCUT2D eigenvalue weighted by atomic mass is 79.9. The van der Waals surface area contributed by atoms with Gasteiger partial charge in [-0.15, -0.1) is 0 Å². The van der Waals surface area contributed by atoms with Gasteiger partial charge in [0, 0.05) is 22.3 Å². The Kier molecular flexibility index (Phi) is 5.98. The van der Waals surface area contributed by atoms with Gasteiger partial charge in [0.2, 0.25) is 10.0 Å². The van der Waals surface area contributed by atoms with Crippen LogP contribution in [0.25, 0.3) is 0 Å². The Morgan fingerprint density at radius 3 is 2.74 bits per heavy atom. The van der Waals surface area contributed by atoms with Crippen molar-refractivity contribution in [2.75, 3.05) is 11.9 Å². The molecule has 1 aliphatic rings. The lowest BCUT2D eigenvalue weighted by molar-refractivity contribution is 0.102. The molecule has 0 aromatic heterocycles. The van der Waals surface area contributed by atoms with Gasteiger partial charge in [-0.1, -0.05) is 18.7 Å². The number of benzene rings is 2. The smallest absolute Gasteiger partial charge is 0.256 e. The van der Waals surface area contributed by atoms with Crippen LogP contribution in [0.4, 0.5) is 5.69 Å². The van der Waals surface area contributed by atoms with E-state index in [4.69, 9.17) is 4.74 Å². The molecule has 0 saturated heterocycles. The second-order valence-corrected chi connectivity index (χ2v) is 8.69. The Morgan fingerprint density at radius 2 is 2.04 bits per heavy atom. The number of sulfonamides is 1. The largest absolute Gasteiger partial charge is 0.489 e. The highest BCUT2D eigenvalue weighted by molar-refractivity contribution is 9.10. The molecule has 6 nitrogen and oxygen atoms in total. The second-order valence-electron chi connectivity index (χ2n) is 6.12. The van der Waals surface area contributed by atoms with Crippen molar-refractivity contribution in [1.29, 1.82) is 0 Å². The lowest BCUT2D eigenvalue weighted by Crippen LogP contribution is -2.26. The third-order valence-electron chi connectivity index (χ3n) is 3.85. The van der Waals surface area contributed by atoms with Crippen molar-refractivity contribution in [3.63, 3.8) is 0 Å². The summed E-state index contributed by atoms with van der Waals surface area (Å²) in [6.45, 7) is 3.95. The lowest BCUT2D eigenvalue weighted by Gasteiger charge is -2.11. The van der Waals surface area contributed by atoms with Crippen LogP contribution in [0.3, 0.4) is 0 Å². The van der Waals surface area contributed by atoms with Crippen molar-refractivity contribution < 1.29 is 17.9 Å². The molecule has 1 saturated carbocycles. The van der Waals surface area contributed by atoms with E-state index in [1.807, 2.05) is 0 Å². The minimum absolute atomic E-state index is 0.00534. The van der Waals surface area contributed by atoms with Crippen LogP contribution in [-0.4, -0.2) is 27.0 Å². The molecule has 0 atom stereocenters. The van der Waals surface area contributed by atoms with Crippen LogP contribution in [-0.2, 0) is 10.0 Å². The fourth-order valence-corrected chi connectivity index (χ4v) is 4.11. The molecular weight excluding hydrogens is 432 g/mol. The van der Waals surface area contributed by atoms with Crippen molar-refractivity contribution in [1.82, 2.24) is 4.72 Å². The summed E-state index contributed by atoms with van der Waals surface area (Å²) in [5.74, 6) is 0.169. The van der Waals surface area contributed by atoms with Crippen LogP contribution in [0.2, 0.25) is 0 Å². The Balaban J connectivity index is 1.80.